The summed E-state index contributed by atoms with van der Waals surface area (Å²) >= 11 is 0. The molecule has 0 aromatic rings. The predicted octanol–water partition coefficient (Wildman–Crippen LogP) is 12.7. The molecule has 34 nitrogen and oxygen atoms in total. The molecule has 26 N–H and O–H groups in total. The van der Waals surface area contributed by atoms with E-state index in [0.717, 1.165) is 218 Å². The highest BCUT2D eigenvalue weighted by Crippen LogP contribution is 2.09. The van der Waals surface area contributed by atoms with Crippen molar-refractivity contribution in [2.24, 2.45) is 82.5 Å². The number of carbonyl (C=O) groups excluding carboxylic acids is 12. The maximum Gasteiger partial charge on any atom is 0.303 e. The van der Waals surface area contributed by atoms with Gasteiger partial charge in [0.25, 0.3) is 0 Å². The van der Waals surface area contributed by atoms with Gasteiger partial charge in [0.05, 0.1) is 52.4 Å². The van der Waals surface area contributed by atoms with Gasteiger partial charge in [-0.15, -0.1) is 0 Å². The largest absolute Gasteiger partial charge is 0.550 e. The summed E-state index contributed by atoms with van der Waals surface area (Å²) in [5, 5.41) is 70.6. The Bertz CT molecular complexity index is 2610. The summed E-state index contributed by atoms with van der Waals surface area (Å²) < 4.78 is 14.3. The van der Waals surface area contributed by atoms with Crippen LogP contribution in [0, 0.1) is 71.0 Å². The molecule has 0 aromatic carbocycles. The van der Waals surface area contributed by atoms with Gasteiger partial charge in [0.15, 0.2) is 0 Å². The third-order valence-electron chi connectivity index (χ3n) is 23.4. The molecule has 145 heavy (non-hydrogen) atoms. The second-order valence-corrected chi connectivity index (χ2v) is 38.5. The van der Waals surface area contributed by atoms with Crippen molar-refractivity contribution in [3.8, 4) is 0 Å². The maximum atomic E-state index is 11.4. The molecule has 0 saturated carbocycles. The Labute approximate surface area is 886 Å². The molecule has 12 unspecified atom stereocenters. The highest BCUT2D eigenvalue weighted by Gasteiger charge is 2.12. The van der Waals surface area contributed by atoms with Crippen LogP contribution in [0.1, 0.15) is 451 Å². The van der Waals surface area contributed by atoms with Gasteiger partial charge in [-0.05, 0) is 209 Å². The number of carboxylic acids is 3. The number of aliphatic hydroxyl groups is 3. The number of rotatable bonds is 69. The van der Waals surface area contributed by atoms with Crippen molar-refractivity contribution >= 4 is 77.0 Å². The highest BCUT2D eigenvalue weighted by atomic mass is 16.5. The van der Waals surface area contributed by atoms with Crippen LogP contribution >= 0.6 is 0 Å². The van der Waals surface area contributed by atoms with E-state index in [2.05, 4.69) is 226 Å². The van der Waals surface area contributed by atoms with Crippen molar-refractivity contribution in [1.82, 2.24) is 31.9 Å². The van der Waals surface area contributed by atoms with E-state index >= 15 is 0 Å². The van der Waals surface area contributed by atoms with Gasteiger partial charge in [-0.25, -0.2) is 0 Å². The van der Waals surface area contributed by atoms with Gasteiger partial charge in [0.2, 0.25) is 35.4 Å². The van der Waals surface area contributed by atoms with E-state index in [1.807, 2.05) is 0 Å². The molecule has 12 atom stereocenters. The maximum absolute atomic E-state index is 11.4. The Morgan fingerprint density at radius 2 is 0.434 bits per heavy atom. The minimum absolute atomic E-state index is 0.0104. The number of ether oxygens (including phenoxy) is 3. The second kappa shape index (κ2) is 139. The van der Waals surface area contributed by atoms with Crippen molar-refractivity contribution in [3.63, 3.8) is 0 Å². The Balaban J connectivity index is -0.000000108. The lowest BCUT2D eigenvalue weighted by molar-refractivity contribution is -0.378. The summed E-state index contributed by atoms with van der Waals surface area (Å²) in [5.74, 6) is 4.49. The van der Waals surface area contributed by atoms with E-state index < -0.39 is 17.9 Å². The van der Waals surface area contributed by atoms with Gasteiger partial charge in [-0.2, -0.15) is 0 Å². The summed E-state index contributed by atoms with van der Waals surface area (Å²) in [6.45, 7) is 69.4. The zero-order chi connectivity index (χ0) is 115. The lowest BCUT2D eigenvalue weighted by atomic mass is 10.1. The number of carboxylic acid groups (broad SMARTS) is 3. The molecule has 0 aliphatic heterocycles. The fourth-order valence-electron chi connectivity index (χ4n) is 8.91. The third-order valence-corrected chi connectivity index (χ3v) is 23.4. The van der Waals surface area contributed by atoms with E-state index in [-0.39, 0.29) is 105 Å². The molecule has 0 rings (SSSR count). The molecule has 0 spiro atoms. The summed E-state index contributed by atoms with van der Waals surface area (Å²) in [6.07, 6.45) is 31.8. The zero-order valence-electron chi connectivity index (χ0n) is 98.6. The van der Waals surface area contributed by atoms with E-state index in [9.17, 15) is 72.5 Å². The average molecular weight is 2090 g/mol. The molecule has 0 fully saturated rings. The Morgan fingerprint density at radius 3 is 0.572 bits per heavy atom. The first kappa shape index (κ1) is 168. The molecule has 34 heteroatoms. The van der Waals surface area contributed by atoms with Crippen molar-refractivity contribution in [3.05, 3.63) is 0 Å². The molecular formula is C111H238N12O22+2. The van der Waals surface area contributed by atoms with Crippen molar-refractivity contribution in [2.45, 2.75) is 451 Å². The van der Waals surface area contributed by atoms with Gasteiger partial charge in [-0.3, -0.25) is 52.7 Å². The fourth-order valence-corrected chi connectivity index (χ4v) is 8.91. The van der Waals surface area contributed by atoms with Crippen LogP contribution in [0.2, 0.25) is 0 Å². The number of unbranched alkanes of at least 4 members (excludes halogenated alkanes) is 12. The van der Waals surface area contributed by atoms with Crippen molar-refractivity contribution in [2.75, 3.05) is 118 Å². The Hall–Kier alpha value is -7.05. The lowest BCUT2D eigenvalue weighted by Gasteiger charge is -2.09. The standard InChI is InChI=1S/2C13H25NO3.2C11H23NO2.C10H19NO3.C9H17NO2.C8H14O4.C6H12O3.6C5H13N/c2*1-4-11(2)10-14-13(16)8-6-5-7-9-17-12(3)15;2*1-3-10(2)9-12-11(14)7-5-4-6-8-13;1-3-8(2)7-11-9(12)5-4-6-10(13)14;1-4-7(2)6-10-9(12)5-8(3)11;1-7(9)12-6-4-2-3-5-8(10)11;7-5-3-1-2-4-6(8)9;6*1-3-5(2)4-6/h2*11H,4-10H2,1-3H3,(H,14,16);2*10,13H,3-9H2,1-2H3,(H,12,14);8H,3-7H2,1-2H3,(H,11,12)(H,13,14);7H,4-6H2,1-3H3,(H,10,12);2-6H2,1H3,(H,10,11);7H,1-5H2,(H,8,9);6*5H,3-4,6H2,1-2H3/p+2. The number of aliphatic hydroxyl groups excluding tert-OH is 3. The number of hydrogen-bond donors (Lipinski definition) is 16. The molecule has 0 heterocycles. The number of aliphatic carboxylic acids is 3. The van der Waals surface area contributed by atoms with Gasteiger partial charge >= 0.3 is 23.9 Å². The number of quaternary nitrogens is 4. The molecule has 0 saturated heterocycles. The number of esters is 3. The molecule has 872 valence electrons. The quantitative estimate of drug-likeness (QED) is 0.0116. The molecule has 0 aliphatic carbocycles. The van der Waals surface area contributed by atoms with E-state index in [1.54, 1.807) is 0 Å². The van der Waals surface area contributed by atoms with E-state index in [1.165, 1.54) is 66.2 Å². The van der Waals surface area contributed by atoms with Gasteiger partial charge in [0.1, 0.15) is 5.78 Å². The van der Waals surface area contributed by atoms with Crippen LogP contribution in [0.25, 0.3) is 0 Å². The first-order chi connectivity index (χ1) is 68.4. The summed E-state index contributed by atoms with van der Waals surface area (Å²) in [4.78, 5) is 139. The highest BCUT2D eigenvalue weighted by molar-refractivity contribution is 5.96. The fraction of sp³-hybridized carbons (Fsp3) is 0.883. The molecule has 6 amide bonds. The lowest BCUT2D eigenvalue weighted by Crippen LogP contribution is -2.53. The Kier molecular flexibility index (Phi) is 161. The van der Waals surface area contributed by atoms with Gasteiger partial charge in [-0.1, -0.05) is 237 Å². The number of nitrogens with two attached hydrogens (primary N) is 2. The number of nitrogens with one attached hydrogen (secondary N) is 6. The predicted molar refractivity (Wildman–Crippen MR) is 589 cm³/mol. The van der Waals surface area contributed by atoms with Crippen LogP contribution in [-0.4, -0.2) is 216 Å². The van der Waals surface area contributed by atoms with Gasteiger partial charge in [0, 0.05) is 154 Å². The first-order valence-electron chi connectivity index (χ1n) is 55.9. The van der Waals surface area contributed by atoms with Crippen molar-refractivity contribution in [1.29, 1.82) is 0 Å². The minimum atomic E-state index is -1.03. The first-order valence-corrected chi connectivity index (χ1v) is 55.9. The molecule has 0 bridgehead atoms. The number of ketones is 1. The monoisotopic (exact) mass is 2090 g/mol. The van der Waals surface area contributed by atoms with E-state index in [0.29, 0.717) is 144 Å². The third kappa shape index (κ3) is 192. The molecular weight excluding hydrogens is 1850 g/mol. The van der Waals surface area contributed by atoms with Crippen LogP contribution in [0.3, 0.4) is 0 Å². The number of Topliss-reactive ketones (excluding diaryl/α,β-unsaturated/α-hetero) is 1. The van der Waals surface area contributed by atoms with Crippen LogP contribution < -0.4 is 76.5 Å². The second-order valence-electron chi connectivity index (χ2n) is 38.5. The number of carbonyl (C=O) groups is 13. The van der Waals surface area contributed by atoms with Crippen LogP contribution in [0.5, 0.6) is 0 Å². The molecule has 0 aliphatic rings. The number of amides is 6. The SMILES string of the molecule is CC(=O)OCCCCCC(=O)[O-].CCC(C)CN.CCC(C)CN.CCC(C)CNC(=O)CC(C)=O.CCC(C)CNC(=O)CCCC(=O)O.CCC(C)CNC(=O)CCCCCO.CCC(C)CNC(=O)CCCCCO.CCC(C)CNC(=O)CCCCCOC(C)=O.CCC(C)CNC(=O)CCCCCOC(C)=O.CCC(C)C[NH3+].CCC(C)C[NH3+].CCC(C)C[NH3+].CCC(C)C[NH3+].O=C([O-])CCCCCO. The summed E-state index contributed by atoms with van der Waals surface area (Å²) in [5.41, 5.74) is 25.6. The summed E-state index contributed by atoms with van der Waals surface area (Å²) in [6, 6.07) is 0. The van der Waals surface area contributed by atoms with Gasteiger partial charge < -0.3 is 121 Å². The molecule has 0 aromatic heterocycles. The van der Waals surface area contributed by atoms with E-state index in [4.69, 9.17) is 41.4 Å². The average Bonchev–Trinajstić information content (AvgIpc) is 1.01. The molecule has 0 radical (unpaired) electrons. The van der Waals surface area contributed by atoms with Crippen LogP contribution in [-0.2, 0) is 76.5 Å². The topological polar surface area (TPSA) is 611 Å². The minimum Gasteiger partial charge on any atom is -0.550 e. The zero-order valence-corrected chi connectivity index (χ0v) is 98.6. The van der Waals surface area contributed by atoms with Crippen LogP contribution in [0.15, 0.2) is 0 Å². The van der Waals surface area contributed by atoms with Crippen LogP contribution in [0.4, 0.5) is 0 Å². The van der Waals surface area contributed by atoms with Crippen molar-refractivity contribution < 1.29 is 130 Å². The number of hydrogen-bond acceptors (Lipinski definition) is 23. The summed E-state index contributed by atoms with van der Waals surface area (Å²) in [7, 11) is 0. The normalized spacial score (nSPS) is 12.4. The smallest absolute Gasteiger partial charge is 0.303 e. The Morgan fingerprint density at radius 1 is 0.255 bits per heavy atom.